The minimum Gasteiger partial charge on any atom is -0.461 e. The van der Waals surface area contributed by atoms with Gasteiger partial charge in [-0.2, -0.15) is 0 Å². The molecule has 150 valence electrons. The average molecular weight is 386 g/mol. The van der Waals surface area contributed by atoms with E-state index in [-0.39, 0.29) is 17.9 Å². The predicted octanol–water partition coefficient (Wildman–Crippen LogP) is 3.61. The van der Waals surface area contributed by atoms with Gasteiger partial charge >= 0.3 is 11.9 Å². The molecule has 0 saturated carbocycles. The van der Waals surface area contributed by atoms with Crippen molar-refractivity contribution in [1.82, 2.24) is 4.98 Å². The quantitative estimate of drug-likeness (QED) is 0.739. The second-order valence-electron chi connectivity index (χ2n) is 6.65. The fourth-order valence-corrected chi connectivity index (χ4v) is 2.97. The number of hydrogen-bond acceptors (Lipinski definition) is 5. The average Bonchev–Trinajstić information content (AvgIpc) is 2.92. The summed E-state index contributed by atoms with van der Waals surface area (Å²) in [6.45, 7) is 10.5. The summed E-state index contributed by atoms with van der Waals surface area (Å²) in [6.07, 6.45) is -1.01. The van der Waals surface area contributed by atoms with Crippen molar-refractivity contribution < 1.29 is 23.9 Å². The third kappa shape index (κ3) is 4.42. The number of H-pyrrole nitrogens is 1. The Morgan fingerprint density at radius 2 is 1.68 bits per heavy atom. The Balaban J connectivity index is 2.14. The third-order valence-corrected chi connectivity index (χ3v) is 4.50. The molecule has 0 saturated heterocycles. The number of carbonyl (C=O) groups is 3. The largest absolute Gasteiger partial charge is 0.461 e. The van der Waals surface area contributed by atoms with Crippen LogP contribution in [0.4, 0.5) is 5.69 Å². The van der Waals surface area contributed by atoms with Crippen LogP contribution in [-0.4, -0.2) is 35.5 Å². The lowest BCUT2D eigenvalue weighted by molar-refractivity contribution is -0.123. The summed E-state index contributed by atoms with van der Waals surface area (Å²) in [4.78, 5) is 39.9. The number of anilines is 1. The molecule has 0 aliphatic heterocycles. The van der Waals surface area contributed by atoms with Crippen LogP contribution < -0.4 is 5.32 Å². The van der Waals surface area contributed by atoms with Gasteiger partial charge in [0.15, 0.2) is 6.10 Å². The molecule has 0 radical (unpaired) electrons. The van der Waals surface area contributed by atoms with Crippen LogP contribution in [0.25, 0.3) is 0 Å². The van der Waals surface area contributed by atoms with Gasteiger partial charge in [0.05, 0.1) is 12.2 Å². The van der Waals surface area contributed by atoms with Crippen LogP contribution in [-0.2, 0) is 14.3 Å². The Morgan fingerprint density at radius 1 is 1.07 bits per heavy atom. The fraction of sp³-hybridized carbons (Fsp3) is 0.381. The zero-order valence-corrected chi connectivity index (χ0v) is 17.1. The maximum absolute atomic E-state index is 12.6. The summed E-state index contributed by atoms with van der Waals surface area (Å²) in [5, 5.41) is 2.81. The van der Waals surface area contributed by atoms with E-state index in [1.165, 1.54) is 6.92 Å². The van der Waals surface area contributed by atoms with E-state index in [4.69, 9.17) is 9.47 Å². The predicted molar refractivity (Wildman–Crippen MR) is 106 cm³/mol. The number of nitrogens with one attached hydrogen (secondary N) is 2. The summed E-state index contributed by atoms with van der Waals surface area (Å²) >= 11 is 0. The van der Waals surface area contributed by atoms with Crippen molar-refractivity contribution in [2.24, 2.45) is 0 Å². The SMILES string of the molecule is CCOC(=O)c1[nH]c(C)c(C(=O)O[C@H](C)C(=O)Nc2c(C)cccc2C)c1C. The Hall–Kier alpha value is -3.09. The van der Waals surface area contributed by atoms with Gasteiger partial charge < -0.3 is 19.8 Å². The third-order valence-electron chi connectivity index (χ3n) is 4.50. The molecule has 0 fully saturated rings. The normalized spacial score (nSPS) is 11.6. The number of aromatic amines is 1. The number of amides is 1. The first-order valence-corrected chi connectivity index (χ1v) is 9.11. The molecule has 2 N–H and O–H groups in total. The Morgan fingerprint density at radius 3 is 2.25 bits per heavy atom. The maximum Gasteiger partial charge on any atom is 0.355 e. The van der Waals surface area contributed by atoms with Crippen LogP contribution in [0.15, 0.2) is 18.2 Å². The zero-order chi connectivity index (χ0) is 21.0. The first-order valence-electron chi connectivity index (χ1n) is 9.11. The Bertz CT molecular complexity index is 894. The highest BCUT2D eigenvalue weighted by Crippen LogP contribution is 2.22. The van der Waals surface area contributed by atoms with E-state index < -0.39 is 23.9 Å². The van der Waals surface area contributed by atoms with Crippen LogP contribution >= 0.6 is 0 Å². The summed E-state index contributed by atoms with van der Waals surface area (Å²) in [7, 11) is 0. The van der Waals surface area contributed by atoms with Gasteiger partial charge in [0.1, 0.15) is 5.69 Å². The number of ether oxygens (including phenoxy) is 2. The van der Waals surface area contributed by atoms with Gasteiger partial charge in [-0.25, -0.2) is 9.59 Å². The van der Waals surface area contributed by atoms with Crippen LogP contribution in [0.5, 0.6) is 0 Å². The molecule has 1 aromatic heterocycles. The number of esters is 2. The molecule has 0 aliphatic rings. The van der Waals surface area contributed by atoms with Crippen LogP contribution in [0, 0.1) is 27.7 Å². The molecule has 7 heteroatoms. The number of hydrogen-bond donors (Lipinski definition) is 2. The van der Waals surface area contributed by atoms with E-state index in [1.807, 2.05) is 32.0 Å². The fourth-order valence-electron chi connectivity index (χ4n) is 2.97. The van der Waals surface area contributed by atoms with E-state index in [1.54, 1.807) is 20.8 Å². The Kier molecular flexibility index (Phi) is 6.62. The molecule has 1 atom stereocenters. The lowest BCUT2D eigenvalue weighted by Gasteiger charge is -2.16. The molecule has 0 bridgehead atoms. The molecule has 2 rings (SSSR count). The molecule has 0 spiro atoms. The molecule has 1 heterocycles. The van der Waals surface area contributed by atoms with E-state index >= 15 is 0 Å². The highest BCUT2D eigenvalue weighted by Gasteiger charge is 2.27. The van der Waals surface area contributed by atoms with Crippen molar-refractivity contribution in [3.05, 3.63) is 51.8 Å². The summed E-state index contributed by atoms with van der Waals surface area (Å²) in [6, 6.07) is 5.69. The lowest BCUT2D eigenvalue weighted by Crippen LogP contribution is -2.30. The van der Waals surface area contributed by atoms with Crippen LogP contribution in [0.1, 0.15) is 57.1 Å². The van der Waals surface area contributed by atoms with E-state index in [9.17, 15) is 14.4 Å². The molecule has 7 nitrogen and oxygen atoms in total. The molecule has 0 unspecified atom stereocenters. The second-order valence-corrected chi connectivity index (χ2v) is 6.65. The number of aryl methyl sites for hydroxylation is 3. The van der Waals surface area contributed by atoms with E-state index in [0.717, 1.165) is 11.1 Å². The maximum atomic E-state index is 12.6. The smallest absolute Gasteiger partial charge is 0.355 e. The standard InChI is InChI=1S/C21H26N2O5/c1-7-27-21(26)18-13(4)16(14(5)22-18)20(25)28-15(6)19(24)23-17-11(2)9-8-10-12(17)3/h8-10,15,22H,7H2,1-6H3,(H,23,24)/t15-/m1/s1. The Labute approximate surface area is 164 Å². The number of aromatic nitrogens is 1. The van der Waals surface area contributed by atoms with Crippen LogP contribution in [0.2, 0.25) is 0 Å². The van der Waals surface area contributed by atoms with Gasteiger partial charge in [0, 0.05) is 11.4 Å². The van der Waals surface area contributed by atoms with Gasteiger partial charge in [0.25, 0.3) is 5.91 Å². The number of rotatable bonds is 6. The van der Waals surface area contributed by atoms with Gasteiger partial charge in [-0.3, -0.25) is 4.79 Å². The zero-order valence-electron chi connectivity index (χ0n) is 17.1. The number of carbonyl (C=O) groups excluding carboxylic acids is 3. The van der Waals surface area contributed by atoms with Crippen molar-refractivity contribution in [3.8, 4) is 0 Å². The second kappa shape index (κ2) is 8.73. The monoisotopic (exact) mass is 386 g/mol. The van der Waals surface area contributed by atoms with Gasteiger partial charge in [-0.1, -0.05) is 18.2 Å². The minimum atomic E-state index is -1.01. The molecule has 1 aromatic carbocycles. The molecular weight excluding hydrogens is 360 g/mol. The lowest BCUT2D eigenvalue weighted by atomic mass is 10.1. The van der Waals surface area contributed by atoms with Crippen molar-refractivity contribution in [1.29, 1.82) is 0 Å². The van der Waals surface area contributed by atoms with Crippen LogP contribution in [0.3, 0.4) is 0 Å². The summed E-state index contributed by atoms with van der Waals surface area (Å²) < 4.78 is 10.3. The molecule has 28 heavy (non-hydrogen) atoms. The van der Waals surface area contributed by atoms with Crippen molar-refractivity contribution in [2.45, 2.75) is 47.6 Å². The first-order chi connectivity index (χ1) is 13.2. The highest BCUT2D eigenvalue weighted by molar-refractivity contribution is 6.01. The topological polar surface area (TPSA) is 97.5 Å². The summed E-state index contributed by atoms with van der Waals surface area (Å²) in [5.41, 5.74) is 3.89. The minimum absolute atomic E-state index is 0.207. The molecule has 0 aliphatic carbocycles. The molecular formula is C21H26N2O5. The molecule has 1 amide bonds. The van der Waals surface area contributed by atoms with Crippen molar-refractivity contribution in [3.63, 3.8) is 0 Å². The van der Waals surface area contributed by atoms with Crippen molar-refractivity contribution >= 4 is 23.5 Å². The van der Waals surface area contributed by atoms with Gasteiger partial charge in [0.2, 0.25) is 0 Å². The number of benzene rings is 1. The van der Waals surface area contributed by atoms with Crippen molar-refractivity contribution in [2.75, 3.05) is 11.9 Å². The van der Waals surface area contributed by atoms with Gasteiger partial charge in [-0.15, -0.1) is 0 Å². The first kappa shape index (κ1) is 21.2. The van der Waals surface area contributed by atoms with E-state index in [0.29, 0.717) is 16.9 Å². The summed E-state index contributed by atoms with van der Waals surface area (Å²) in [5.74, 6) is -1.64. The molecule has 2 aromatic rings. The number of para-hydroxylation sites is 1. The van der Waals surface area contributed by atoms with E-state index in [2.05, 4.69) is 10.3 Å². The highest BCUT2D eigenvalue weighted by atomic mass is 16.5. The van der Waals surface area contributed by atoms with Gasteiger partial charge in [-0.05, 0) is 58.2 Å².